The average Bonchev–Trinajstić information content (AvgIpc) is 2.43. The molecule has 6 heteroatoms. The largest absolute Gasteiger partial charge is 0.504 e. The van der Waals surface area contributed by atoms with Gasteiger partial charge < -0.3 is 30.3 Å². The Kier molecular flexibility index (Phi) is 3.03. The van der Waals surface area contributed by atoms with E-state index in [1.54, 1.807) is 0 Å². The molecule has 0 saturated carbocycles. The van der Waals surface area contributed by atoms with Gasteiger partial charge >= 0.3 is 0 Å². The number of phenols is 4. The van der Waals surface area contributed by atoms with E-state index in [1.807, 2.05) is 0 Å². The van der Waals surface area contributed by atoms with Crippen LogP contribution in [0.4, 0.5) is 0 Å². The maximum atomic E-state index is 10.2. The molecule has 5 N–H and O–H groups in total. The predicted molar refractivity (Wildman–Crippen MR) is 72.6 cm³/mol. The molecule has 1 aliphatic heterocycles. The lowest BCUT2D eigenvalue weighted by molar-refractivity contribution is 0.0204. The van der Waals surface area contributed by atoms with Crippen LogP contribution in [0.5, 0.6) is 28.7 Å². The van der Waals surface area contributed by atoms with Crippen LogP contribution in [0.2, 0.25) is 0 Å². The second-order valence-corrected chi connectivity index (χ2v) is 5.01. The Bertz CT molecular complexity index is 697. The molecule has 2 aromatic rings. The molecule has 0 bridgehead atoms. The number of fused-ring (bicyclic) bond motifs is 1. The first-order chi connectivity index (χ1) is 9.95. The number of aliphatic hydroxyl groups is 1. The Morgan fingerprint density at radius 1 is 0.857 bits per heavy atom. The van der Waals surface area contributed by atoms with E-state index in [1.165, 1.54) is 30.3 Å². The third-order valence-electron chi connectivity index (χ3n) is 3.52. The molecular formula is C15H14O6. The van der Waals surface area contributed by atoms with Gasteiger partial charge in [0.2, 0.25) is 0 Å². The van der Waals surface area contributed by atoms with E-state index in [0.29, 0.717) is 16.9 Å². The Morgan fingerprint density at radius 3 is 2.24 bits per heavy atom. The highest BCUT2D eigenvalue weighted by molar-refractivity contribution is 5.51. The van der Waals surface area contributed by atoms with Gasteiger partial charge in [-0.25, -0.2) is 0 Å². The summed E-state index contributed by atoms with van der Waals surface area (Å²) in [6, 6.07) is 6.79. The minimum absolute atomic E-state index is 0.232. The SMILES string of the molecule is Oc1ccc(C2Oc3cc(O)c(O)cc3C[C@@H]2O)cc1O. The van der Waals surface area contributed by atoms with Crippen LogP contribution in [0.25, 0.3) is 0 Å². The standard InChI is InChI=1S/C15H14O6/c16-9-2-1-7(3-10(9)17)15-13(20)5-8-4-11(18)12(19)6-14(8)21-15/h1-4,6,13,15-20H,5H2/t13-,15?/m0/s1. The molecule has 2 aromatic carbocycles. The second kappa shape index (κ2) is 4.75. The first kappa shape index (κ1) is 13.4. The molecule has 21 heavy (non-hydrogen) atoms. The molecule has 6 nitrogen and oxygen atoms in total. The zero-order valence-electron chi connectivity index (χ0n) is 10.9. The Morgan fingerprint density at radius 2 is 1.52 bits per heavy atom. The zero-order chi connectivity index (χ0) is 15.1. The number of benzene rings is 2. The number of aliphatic hydroxyl groups excluding tert-OH is 1. The average molecular weight is 290 g/mol. The molecule has 2 atom stereocenters. The number of aromatic hydroxyl groups is 4. The first-order valence-corrected chi connectivity index (χ1v) is 6.37. The Hall–Kier alpha value is -2.60. The first-order valence-electron chi connectivity index (χ1n) is 6.37. The summed E-state index contributed by atoms with van der Waals surface area (Å²) in [5.74, 6) is -0.787. The minimum atomic E-state index is -0.884. The summed E-state index contributed by atoms with van der Waals surface area (Å²) in [7, 11) is 0. The van der Waals surface area contributed by atoms with Crippen molar-refractivity contribution < 1.29 is 30.3 Å². The monoisotopic (exact) mass is 290 g/mol. The lowest BCUT2D eigenvalue weighted by Crippen LogP contribution is -2.30. The summed E-state index contributed by atoms with van der Waals surface area (Å²) in [5, 5.41) is 48.0. The molecule has 1 aliphatic rings. The molecule has 1 unspecified atom stereocenters. The van der Waals surface area contributed by atoms with E-state index < -0.39 is 12.2 Å². The highest BCUT2D eigenvalue weighted by Crippen LogP contribution is 2.41. The van der Waals surface area contributed by atoms with E-state index in [4.69, 9.17) is 4.74 Å². The Balaban J connectivity index is 1.98. The fourth-order valence-electron chi connectivity index (χ4n) is 2.43. The lowest BCUT2D eigenvalue weighted by atomic mass is 9.94. The van der Waals surface area contributed by atoms with Gasteiger partial charge in [0, 0.05) is 18.1 Å². The summed E-state index contributed by atoms with van der Waals surface area (Å²) >= 11 is 0. The molecule has 0 amide bonds. The Labute approximate surface area is 120 Å². The number of ether oxygens (including phenoxy) is 1. The van der Waals surface area contributed by atoms with Gasteiger partial charge in [-0.3, -0.25) is 0 Å². The third-order valence-corrected chi connectivity index (χ3v) is 3.52. The smallest absolute Gasteiger partial charge is 0.161 e. The predicted octanol–water partition coefficient (Wildman–Crippen LogP) is 1.55. The van der Waals surface area contributed by atoms with E-state index >= 15 is 0 Å². The van der Waals surface area contributed by atoms with Gasteiger partial charge in [0.1, 0.15) is 11.9 Å². The van der Waals surface area contributed by atoms with Crippen molar-refractivity contribution in [3.63, 3.8) is 0 Å². The van der Waals surface area contributed by atoms with Gasteiger partial charge in [0.05, 0.1) is 6.10 Å². The maximum Gasteiger partial charge on any atom is 0.161 e. The van der Waals surface area contributed by atoms with Crippen molar-refractivity contribution in [3.8, 4) is 28.7 Å². The summed E-state index contributed by atoms with van der Waals surface area (Å²) in [5.41, 5.74) is 1.08. The van der Waals surface area contributed by atoms with Gasteiger partial charge in [-0.15, -0.1) is 0 Å². The van der Waals surface area contributed by atoms with E-state index in [-0.39, 0.29) is 29.4 Å². The molecule has 0 aliphatic carbocycles. The fraction of sp³-hybridized carbons (Fsp3) is 0.200. The van der Waals surface area contributed by atoms with Crippen LogP contribution >= 0.6 is 0 Å². The van der Waals surface area contributed by atoms with E-state index in [2.05, 4.69) is 0 Å². The van der Waals surface area contributed by atoms with Crippen LogP contribution in [0, 0.1) is 0 Å². The van der Waals surface area contributed by atoms with Crippen molar-refractivity contribution in [2.45, 2.75) is 18.6 Å². The molecule has 0 aromatic heterocycles. The van der Waals surface area contributed by atoms with Crippen molar-refractivity contribution in [1.29, 1.82) is 0 Å². The number of phenolic OH excluding ortho intramolecular Hbond substituents is 4. The second-order valence-electron chi connectivity index (χ2n) is 5.01. The molecule has 1 heterocycles. The summed E-state index contributed by atoms with van der Waals surface area (Å²) in [4.78, 5) is 0. The van der Waals surface area contributed by atoms with Crippen molar-refractivity contribution in [1.82, 2.24) is 0 Å². The molecule has 0 saturated heterocycles. The van der Waals surface area contributed by atoms with Crippen molar-refractivity contribution in [2.75, 3.05) is 0 Å². The van der Waals surface area contributed by atoms with Gasteiger partial charge in [-0.2, -0.15) is 0 Å². The molecule has 0 radical (unpaired) electrons. The number of hydrogen-bond acceptors (Lipinski definition) is 6. The van der Waals surface area contributed by atoms with Crippen LogP contribution in [-0.4, -0.2) is 31.6 Å². The van der Waals surface area contributed by atoms with Gasteiger partial charge in [-0.05, 0) is 23.8 Å². The van der Waals surface area contributed by atoms with Crippen molar-refractivity contribution in [2.24, 2.45) is 0 Å². The number of rotatable bonds is 1. The minimum Gasteiger partial charge on any atom is -0.504 e. The van der Waals surface area contributed by atoms with Crippen LogP contribution in [0.15, 0.2) is 30.3 Å². The fourth-order valence-corrected chi connectivity index (χ4v) is 2.43. The topological polar surface area (TPSA) is 110 Å². The number of hydrogen-bond donors (Lipinski definition) is 5. The quantitative estimate of drug-likeness (QED) is 0.510. The zero-order valence-corrected chi connectivity index (χ0v) is 10.9. The summed E-state index contributed by atoms with van der Waals surface area (Å²) in [6.45, 7) is 0. The van der Waals surface area contributed by atoms with Crippen molar-refractivity contribution in [3.05, 3.63) is 41.5 Å². The van der Waals surface area contributed by atoms with E-state index in [0.717, 1.165) is 0 Å². The molecule has 110 valence electrons. The normalized spacial score (nSPS) is 20.6. The van der Waals surface area contributed by atoms with Crippen LogP contribution in [0.1, 0.15) is 17.2 Å². The highest BCUT2D eigenvalue weighted by atomic mass is 16.5. The summed E-state index contributed by atoms with van der Waals surface area (Å²) in [6.07, 6.45) is -1.39. The van der Waals surface area contributed by atoms with Crippen LogP contribution in [-0.2, 0) is 6.42 Å². The van der Waals surface area contributed by atoms with Crippen LogP contribution in [0.3, 0.4) is 0 Å². The maximum absolute atomic E-state index is 10.2. The van der Waals surface area contributed by atoms with Crippen molar-refractivity contribution >= 4 is 0 Å². The van der Waals surface area contributed by atoms with Crippen LogP contribution < -0.4 is 4.74 Å². The van der Waals surface area contributed by atoms with Gasteiger partial charge in [0.25, 0.3) is 0 Å². The third kappa shape index (κ3) is 2.30. The molecule has 0 fully saturated rings. The van der Waals surface area contributed by atoms with E-state index in [9.17, 15) is 25.5 Å². The molecule has 3 rings (SSSR count). The lowest BCUT2D eigenvalue weighted by Gasteiger charge is -2.31. The van der Waals surface area contributed by atoms with Gasteiger partial charge in [0.15, 0.2) is 23.0 Å². The summed E-state index contributed by atoms with van der Waals surface area (Å²) < 4.78 is 5.65. The molecule has 0 spiro atoms. The molecular weight excluding hydrogens is 276 g/mol. The highest BCUT2D eigenvalue weighted by Gasteiger charge is 2.31. The van der Waals surface area contributed by atoms with Gasteiger partial charge in [-0.1, -0.05) is 6.07 Å².